The molecule has 0 fully saturated rings. The molecule has 6 aromatic rings. The van der Waals surface area contributed by atoms with Gasteiger partial charge < -0.3 is 10.6 Å². The molecule has 10 heteroatoms. The SMILES string of the molecule is Cc1cnc2c3cc(-c4ccc(CNc5ncccc5C(=O)NC(C)c5ccc(F)c(F)c5)s4)ccc3ncn12. The number of imidazole rings is 1. The summed E-state index contributed by atoms with van der Waals surface area (Å²) in [5.74, 6) is -1.82. The number of nitrogens with one attached hydrogen (secondary N) is 2. The molecular formula is C30H24F2N6OS. The molecule has 0 saturated heterocycles. The van der Waals surface area contributed by atoms with Crippen LogP contribution < -0.4 is 10.6 Å². The zero-order valence-electron chi connectivity index (χ0n) is 21.7. The van der Waals surface area contributed by atoms with Gasteiger partial charge in [0.15, 0.2) is 11.6 Å². The van der Waals surface area contributed by atoms with Crippen molar-refractivity contribution in [3.8, 4) is 10.4 Å². The van der Waals surface area contributed by atoms with Crippen LogP contribution in [-0.2, 0) is 6.54 Å². The number of benzene rings is 2. The molecule has 0 spiro atoms. The number of thiophene rings is 1. The summed E-state index contributed by atoms with van der Waals surface area (Å²) < 4.78 is 28.9. The summed E-state index contributed by atoms with van der Waals surface area (Å²) in [6.45, 7) is 4.18. The van der Waals surface area contributed by atoms with E-state index in [4.69, 9.17) is 0 Å². The minimum atomic E-state index is -0.956. The summed E-state index contributed by atoms with van der Waals surface area (Å²) in [7, 11) is 0. The molecule has 7 nitrogen and oxygen atoms in total. The third-order valence-electron chi connectivity index (χ3n) is 6.75. The van der Waals surface area contributed by atoms with Gasteiger partial charge in [-0.2, -0.15) is 0 Å². The second kappa shape index (κ2) is 10.5. The van der Waals surface area contributed by atoms with Crippen LogP contribution in [0.3, 0.4) is 0 Å². The van der Waals surface area contributed by atoms with Crippen LogP contribution in [0.4, 0.5) is 14.6 Å². The van der Waals surface area contributed by atoms with E-state index in [0.717, 1.165) is 49.7 Å². The molecule has 1 amide bonds. The fraction of sp³-hybridized carbons (Fsp3) is 0.133. The molecule has 2 N–H and O–H groups in total. The zero-order valence-corrected chi connectivity index (χ0v) is 22.5. The Kier molecular flexibility index (Phi) is 6.69. The van der Waals surface area contributed by atoms with Gasteiger partial charge in [0.2, 0.25) is 0 Å². The molecule has 0 bridgehead atoms. The maximum Gasteiger partial charge on any atom is 0.255 e. The highest BCUT2D eigenvalue weighted by atomic mass is 32.1. The maximum absolute atomic E-state index is 13.7. The Bertz CT molecular complexity index is 1880. The molecular weight excluding hydrogens is 530 g/mol. The van der Waals surface area contributed by atoms with Crippen molar-refractivity contribution >= 4 is 39.6 Å². The number of anilines is 1. The molecule has 1 atom stereocenters. The number of hydrogen-bond donors (Lipinski definition) is 2. The quantitative estimate of drug-likeness (QED) is 0.230. The van der Waals surface area contributed by atoms with Crippen molar-refractivity contribution in [2.24, 2.45) is 0 Å². The molecule has 4 heterocycles. The van der Waals surface area contributed by atoms with Gasteiger partial charge in [-0.1, -0.05) is 12.1 Å². The Morgan fingerprint density at radius 2 is 1.90 bits per heavy atom. The van der Waals surface area contributed by atoms with Gasteiger partial charge in [0, 0.05) is 33.2 Å². The highest BCUT2D eigenvalue weighted by Gasteiger charge is 2.17. The lowest BCUT2D eigenvalue weighted by Crippen LogP contribution is -2.27. The van der Waals surface area contributed by atoms with E-state index in [-0.39, 0.29) is 5.91 Å². The minimum absolute atomic E-state index is 0.356. The number of pyridine rings is 1. The average Bonchev–Trinajstić information content (AvgIpc) is 3.60. The Morgan fingerprint density at radius 3 is 2.75 bits per heavy atom. The third-order valence-corrected chi connectivity index (χ3v) is 7.89. The van der Waals surface area contributed by atoms with Crippen LogP contribution in [0.1, 0.15) is 39.5 Å². The van der Waals surface area contributed by atoms with Gasteiger partial charge in [-0.05, 0) is 73.5 Å². The molecule has 0 aliphatic heterocycles. The van der Waals surface area contributed by atoms with E-state index in [1.54, 1.807) is 42.9 Å². The van der Waals surface area contributed by atoms with E-state index in [1.165, 1.54) is 6.07 Å². The summed E-state index contributed by atoms with van der Waals surface area (Å²) in [5.41, 5.74) is 4.69. The van der Waals surface area contributed by atoms with Crippen LogP contribution in [0.15, 0.2) is 79.4 Å². The van der Waals surface area contributed by atoms with Crippen LogP contribution >= 0.6 is 11.3 Å². The lowest BCUT2D eigenvalue weighted by Gasteiger charge is -2.16. The van der Waals surface area contributed by atoms with Gasteiger partial charge in [-0.25, -0.2) is 23.7 Å². The first-order chi connectivity index (χ1) is 19.4. The van der Waals surface area contributed by atoms with E-state index < -0.39 is 17.7 Å². The second-order valence-corrected chi connectivity index (χ2v) is 10.6. The smallest absolute Gasteiger partial charge is 0.255 e. The fourth-order valence-corrected chi connectivity index (χ4v) is 5.50. The molecule has 0 saturated carbocycles. The number of carbonyl (C=O) groups is 1. The molecule has 0 aliphatic rings. The fourth-order valence-electron chi connectivity index (χ4n) is 4.56. The number of amides is 1. The van der Waals surface area contributed by atoms with Crippen molar-refractivity contribution in [2.45, 2.75) is 26.4 Å². The van der Waals surface area contributed by atoms with Crippen molar-refractivity contribution in [3.63, 3.8) is 0 Å². The zero-order chi connectivity index (χ0) is 27.8. The van der Waals surface area contributed by atoms with Crippen molar-refractivity contribution in [3.05, 3.63) is 113 Å². The first-order valence-electron chi connectivity index (χ1n) is 12.6. The van der Waals surface area contributed by atoms with Crippen LogP contribution in [0.5, 0.6) is 0 Å². The van der Waals surface area contributed by atoms with Gasteiger partial charge >= 0.3 is 0 Å². The predicted molar refractivity (Wildman–Crippen MR) is 152 cm³/mol. The highest BCUT2D eigenvalue weighted by Crippen LogP contribution is 2.32. The summed E-state index contributed by atoms with van der Waals surface area (Å²) >= 11 is 1.64. The number of rotatable bonds is 7. The molecule has 1 unspecified atom stereocenters. The first kappa shape index (κ1) is 25.6. The van der Waals surface area contributed by atoms with Crippen molar-refractivity contribution in [2.75, 3.05) is 5.32 Å². The minimum Gasteiger partial charge on any atom is -0.365 e. The Hall–Kier alpha value is -4.70. The van der Waals surface area contributed by atoms with Crippen molar-refractivity contribution < 1.29 is 13.6 Å². The van der Waals surface area contributed by atoms with Crippen LogP contribution in [0, 0.1) is 18.6 Å². The number of aryl methyl sites for hydroxylation is 1. The van der Waals surface area contributed by atoms with Gasteiger partial charge in [0.1, 0.15) is 17.8 Å². The van der Waals surface area contributed by atoms with Crippen LogP contribution in [0.25, 0.3) is 27.0 Å². The summed E-state index contributed by atoms with van der Waals surface area (Å²) in [5, 5.41) is 7.09. The summed E-state index contributed by atoms with van der Waals surface area (Å²) in [6.07, 6.45) is 5.25. The number of carbonyl (C=O) groups excluding carboxylic acids is 1. The molecule has 4 aromatic heterocycles. The highest BCUT2D eigenvalue weighted by molar-refractivity contribution is 7.15. The summed E-state index contributed by atoms with van der Waals surface area (Å²) in [6, 6.07) is 16.7. The number of nitrogens with zero attached hydrogens (tertiary/aromatic N) is 4. The van der Waals surface area contributed by atoms with Crippen molar-refractivity contribution in [1.82, 2.24) is 24.7 Å². The first-order valence-corrected chi connectivity index (χ1v) is 13.5. The Labute approximate surface area is 232 Å². The van der Waals surface area contributed by atoms with Gasteiger partial charge in [-0.3, -0.25) is 9.20 Å². The molecule has 40 heavy (non-hydrogen) atoms. The van der Waals surface area contributed by atoms with Gasteiger partial charge in [0.25, 0.3) is 5.91 Å². The van der Waals surface area contributed by atoms with Crippen molar-refractivity contribution in [1.29, 1.82) is 0 Å². The molecule has 200 valence electrons. The monoisotopic (exact) mass is 554 g/mol. The summed E-state index contributed by atoms with van der Waals surface area (Å²) in [4.78, 5) is 28.7. The van der Waals surface area contributed by atoms with Crippen LogP contribution in [0.2, 0.25) is 0 Å². The normalized spacial score (nSPS) is 12.1. The second-order valence-electron chi connectivity index (χ2n) is 9.46. The third kappa shape index (κ3) is 4.89. The molecule has 2 aromatic carbocycles. The standard InChI is InChI=1S/C30H24F2N6OS/c1-17-14-35-29-23-12-20(6-9-26(23)36-16-38(17)29)27-10-7-21(40-27)15-34-28-22(4-3-11-33-28)30(39)37-18(2)19-5-8-24(31)25(32)13-19/h3-14,16,18H,15H2,1-2H3,(H,33,34)(H,37,39). The number of hydrogen-bond acceptors (Lipinski definition) is 6. The Morgan fingerprint density at radius 1 is 1.02 bits per heavy atom. The lowest BCUT2D eigenvalue weighted by molar-refractivity contribution is 0.0940. The maximum atomic E-state index is 13.7. The lowest BCUT2D eigenvalue weighted by atomic mass is 10.1. The van der Waals surface area contributed by atoms with E-state index in [1.807, 2.05) is 29.7 Å². The average molecular weight is 555 g/mol. The van der Waals surface area contributed by atoms with Gasteiger partial charge in [0.05, 0.1) is 23.7 Å². The van der Waals surface area contributed by atoms with E-state index in [0.29, 0.717) is 23.5 Å². The van der Waals surface area contributed by atoms with E-state index in [9.17, 15) is 13.6 Å². The van der Waals surface area contributed by atoms with Crippen LogP contribution in [-0.4, -0.2) is 25.3 Å². The van der Waals surface area contributed by atoms with Gasteiger partial charge in [-0.15, -0.1) is 11.3 Å². The van der Waals surface area contributed by atoms with E-state index >= 15 is 0 Å². The molecule has 0 aliphatic carbocycles. The predicted octanol–water partition coefficient (Wildman–Crippen LogP) is 6.70. The number of fused-ring (bicyclic) bond motifs is 3. The topological polar surface area (TPSA) is 84.2 Å². The molecule has 6 rings (SSSR count). The number of aromatic nitrogens is 4. The van der Waals surface area contributed by atoms with E-state index in [2.05, 4.69) is 43.8 Å². The largest absolute Gasteiger partial charge is 0.365 e. The number of halogens is 2. The Balaban J connectivity index is 1.17. The molecule has 0 radical (unpaired) electrons.